The summed E-state index contributed by atoms with van der Waals surface area (Å²) < 4.78 is 0. The number of primary amides is 2. The molecule has 0 fully saturated rings. The largest absolute Gasteiger partial charge is 0.365 e. The number of anilines is 2. The standard InChI is InChI=1S/C22H30N4O4S3/c1-5-13-11(3)32-21(17(13)19(23)29)25-15(27)7-9-31-10-8-16(28)26-22-18(20(24)30)14(6-2)12(4)33-22/h5-10H2,1-4H3,(H2,23,29)(H2,24,30)(H,25,27)(H,26,28). The highest BCUT2D eigenvalue weighted by atomic mass is 32.2. The van der Waals surface area contributed by atoms with Crippen LogP contribution in [0.4, 0.5) is 10.0 Å². The van der Waals surface area contributed by atoms with Gasteiger partial charge in [0.15, 0.2) is 0 Å². The van der Waals surface area contributed by atoms with Crippen LogP contribution in [-0.2, 0) is 22.4 Å². The molecular weight excluding hydrogens is 480 g/mol. The molecule has 6 N–H and O–H groups in total. The van der Waals surface area contributed by atoms with E-state index < -0.39 is 11.8 Å². The molecule has 2 aromatic rings. The van der Waals surface area contributed by atoms with Gasteiger partial charge in [-0.1, -0.05) is 13.8 Å². The van der Waals surface area contributed by atoms with E-state index in [1.807, 2.05) is 27.7 Å². The third-order valence-electron chi connectivity index (χ3n) is 5.07. The van der Waals surface area contributed by atoms with Crippen LogP contribution in [0.25, 0.3) is 0 Å². The van der Waals surface area contributed by atoms with Crippen LogP contribution < -0.4 is 22.1 Å². The molecule has 2 heterocycles. The molecule has 0 unspecified atom stereocenters. The predicted molar refractivity (Wildman–Crippen MR) is 138 cm³/mol. The van der Waals surface area contributed by atoms with Gasteiger partial charge in [-0.25, -0.2) is 0 Å². The Morgan fingerprint density at radius 1 is 0.758 bits per heavy atom. The quantitative estimate of drug-likeness (QED) is 0.321. The van der Waals surface area contributed by atoms with Gasteiger partial charge < -0.3 is 22.1 Å². The molecule has 0 atom stereocenters. The summed E-state index contributed by atoms with van der Waals surface area (Å²) in [5.41, 5.74) is 13.5. The van der Waals surface area contributed by atoms with Crippen LogP contribution in [0.2, 0.25) is 0 Å². The summed E-state index contributed by atoms with van der Waals surface area (Å²) in [5.74, 6) is -0.436. The molecule has 0 aromatic carbocycles. The van der Waals surface area contributed by atoms with Gasteiger partial charge in [0, 0.05) is 34.1 Å². The van der Waals surface area contributed by atoms with Crippen LogP contribution in [0.1, 0.15) is 68.3 Å². The fourth-order valence-corrected chi connectivity index (χ4v) is 6.71. The number of hydrogen-bond acceptors (Lipinski definition) is 7. The van der Waals surface area contributed by atoms with Crippen LogP contribution in [0.3, 0.4) is 0 Å². The smallest absolute Gasteiger partial charge is 0.251 e. The molecule has 8 nitrogen and oxygen atoms in total. The maximum atomic E-state index is 12.3. The van der Waals surface area contributed by atoms with Gasteiger partial charge in [-0.15, -0.1) is 22.7 Å². The minimum atomic E-state index is -0.543. The highest BCUT2D eigenvalue weighted by Crippen LogP contribution is 2.34. The summed E-state index contributed by atoms with van der Waals surface area (Å²) in [4.78, 5) is 50.1. The first-order valence-electron chi connectivity index (χ1n) is 10.6. The highest BCUT2D eigenvalue weighted by molar-refractivity contribution is 7.99. The van der Waals surface area contributed by atoms with E-state index in [1.54, 1.807) is 0 Å². The average Bonchev–Trinajstić information content (AvgIpc) is 3.22. The molecule has 0 aliphatic heterocycles. The van der Waals surface area contributed by atoms with Gasteiger partial charge in [-0.05, 0) is 37.8 Å². The Labute approximate surface area is 205 Å². The second-order valence-electron chi connectivity index (χ2n) is 7.33. The number of carbonyl (C=O) groups is 4. The summed E-state index contributed by atoms with van der Waals surface area (Å²) in [5, 5.41) is 6.58. The molecule has 0 saturated carbocycles. The van der Waals surface area contributed by atoms with E-state index in [4.69, 9.17) is 11.5 Å². The molecule has 11 heteroatoms. The van der Waals surface area contributed by atoms with E-state index in [0.29, 0.717) is 45.5 Å². The molecule has 4 amide bonds. The summed E-state index contributed by atoms with van der Waals surface area (Å²) >= 11 is 4.19. The number of thioether (sulfide) groups is 1. The Morgan fingerprint density at radius 2 is 1.12 bits per heavy atom. The predicted octanol–water partition coefficient (Wildman–Crippen LogP) is 3.84. The van der Waals surface area contributed by atoms with Crippen molar-refractivity contribution in [1.82, 2.24) is 0 Å². The van der Waals surface area contributed by atoms with Gasteiger partial charge in [0.25, 0.3) is 11.8 Å². The minimum Gasteiger partial charge on any atom is -0.365 e. The van der Waals surface area contributed by atoms with Gasteiger partial charge in [0.05, 0.1) is 11.1 Å². The van der Waals surface area contributed by atoms with Crippen molar-refractivity contribution < 1.29 is 19.2 Å². The second-order valence-corrected chi connectivity index (χ2v) is 11.0. The summed E-state index contributed by atoms with van der Waals surface area (Å²) in [6.45, 7) is 7.69. The number of amides is 4. The molecule has 180 valence electrons. The van der Waals surface area contributed by atoms with Crippen molar-refractivity contribution in [1.29, 1.82) is 0 Å². The zero-order chi connectivity index (χ0) is 24.7. The summed E-state index contributed by atoms with van der Waals surface area (Å²) in [6, 6.07) is 0. The van der Waals surface area contributed by atoms with Gasteiger partial charge in [0.1, 0.15) is 10.0 Å². The van der Waals surface area contributed by atoms with Gasteiger partial charge >= 0.3 is 0 Å². The van der Waals surface area contributed by atoms with Crippen molar-refractivity contribution in [2.45, 2.75) is 53.4 Å². The van der Waals surface area contributed by atoms with Crippen molar-refractivity contribution in [3.63, 3.8) is 0 Å². The molecule has 0 bridgehead atoms. The second kappa shape index (κ2) is 12.2. The fourth-order valence-electron chi connectivity index (χ4n) is 3.52. The number of rotatable bonds is 12. The number of thiophene rings is 2. The Morgan fingerprint density at radius 3 is 1.42 bits per heavy atom. The zero-order valence-corrected chi connectivity index (χ0v) is 21.7. The number of hydrogen-bond donors (Lipinski definition) is 4. The molecule has 0 aliphatic carbocycles. The molecule has 0 saturated heterocycles. The van der Waals surface area contributed by atoms with Crippen LogP contribution in [0.15, 0.2) is 0 Å². The van der Waals surface area contributed by atoms with Crippen LogP contribution in [0.5, 0.6) is 0 Å². The van der Waals surface area contributed by atoms with E-state index in [-0.39, 0.29) is 24.7 Å². The minimum absolute atomic E-state index is 0.203. The number of nitrogens with two attached hydrogens (primary N) is 2. The average molecular weight is 511 g/mol. The Balaban J connectivity index is 1.80. The Kier molecular flexibility index (Phi) is 9.93. The number of aryl methyl sites for hydroxylation is 2. The lowest BCUT2D eigenvalue weighted by Gasteiger charge is -2.07. The maximum Gasteiger partial charge on any atom is 0.251 e. The maximum absolute atomic E-state index is 12.3. The van der Waals surface area contributed by atoms with Crippen molar-refractivity contribution in [2.75, 3.05) is 22.1 Å². The van der Waals surface area contributed by atoms with E-state index >= 15 is 0 Å². The SMILES string of the molecule is CCc1c(C)sc(NC(=O)CCSCCC(=O)Nc2sc(C)c(CC)c2C(N)=O)c1C(N)=O. The summed E-state index contributed by atoms with van der Waals surface area (Å²) in [6.07, 6.45) is 1.83. The van der Waals surface area contributed by atoms with Crippen molar-refractivity contribution >= 4 is 68.1 Å². The lowest BCUT2D eigenvalue weighted by atomic mass is 10.1. The number of nitrogens with one attached hydrogen (secondary N) is 2. The Bertz CT molecular complexity index is 976. The first-order valence-corrected chi connectivity index (χ1v) is 13.4. The molecule has 2 rings (SSSR count). The van der Waals surface area contributed by atoms with Gasteiger partial charge in [0.2, 0.25) is 11.8 Å². The lowest BCUT2D eigenvalue weighted by Crippen LogP contribution is -2.18. The molecule has 0 spiro atoms. The van der Waals surface area contributed by atoms with Gasteiger partial charge in [-0.3, -0.25) is 19.2 Å². The first kappa shape index (κ1) is 26.9. The van der Waals surface area contributed by atoms with Crippen molar-refractivity contribution in [2.24, 2.45) is 11.5 Å². The molecular formula is C22H30N4O4S3. The zero-order valence-electron chi connectivity index (χ0n) is 19.3. The Hall–Kier alpha value is -2.37. The lowest BCUT2D eigenvalue weighted by molar-refractivity contribution is -0.116. The normalized spacial score (nSPS) is 10.8. The molecule has 2 aromatic heterocycles. The monoisotopic (exact) mass is 510 g/mol. The third kappa shape index (κ3) is 6.81. The van der Waals surface area contributed by atoms with E-state index in [2.05, 4.69) is 10.6 Å². The first-order chi connectivity index (χ1) is 15.6. The van der Waals surface area contributed by atoms with Crippen molar-refractivity contribution in [3.05, 3.63) is 32.0 Å². The van der Waals surface area contributed by atoms with E-state index in [1.165, 1.54) is 34.4 Å². The van der Waals surface area contributed by atoms with E-state index in [9.17, 15) is 19.2 Å². The third-order valence-corrected chi connectivity index (χ3v) is 8.18. The molecule has 0 radical (unpaired) electrons. The van der Waals surface area contributed by atoms with Crippen LogP contribution in [-0.4, -0.2) is 35.1 Å². The van der Waals surface area contributed by atoms with Crippen LogP contribution in [0, 0.1) is 13.8 Å². The van der Waals surface area contributed by atoms with Crippen LogP contribution >= 0.6 is 34.4 Å². The fraction of sp³-hybridized carbons (Fsp3) is 0.455. The van der Waals surface area contributed by atoms with Gasteiger partial charge in [-0.2, -0.15) is 11.8 Å². The summed E-state index contributed by atoms with van der Waals surface area (Å²) in [7, 11) is 0. The van der Waals surface area contributed by atoms with E-state index in [0.717, 1.165) is 20.9 Å². The molecule has 0 aliphatic rings. The number of carbonyl (C=O) groups excluding carboxylic acids is 4. The topological polar surface area (TPSA) is 144 Å². The molecule has 33 heavy (non-hydrogen) atoms. The van der Waals surface area contributed by atoms with Crippen molar-refractivity contribution in [3.8, 4) is 0 Å². The highest BCUT2D eigenvalue weighted by Gasteiger charge is 2.21.